The number of hydrogen-bond acceptors (Lipinski definition) is 3. The van der Waals surface area contributed by atoms with E-state index < -0.39 is 11.6 Å². The van der Waals surface area contributed by atoms with E-state index in [0.29, 0.717) is 12.3 Å². The molecular formula is C15H16F2N2O2. The van der Waals surface area contributed by atoms with Crippen LogP contribution in [0.4, 0.5) is 8.78 Å². The molecule has 112 valence electrons. The van der Waals surface area contributed by atoms with Gasteiger partial charge in [0.25, 0.3) is 0 Å². The summed E-state index contributed by atoms with van der Waals surface area (Å²) in [7, 11) is 0. The first-order chi connectivity index (χ1) is 9.95. The molecule has 0 atom stereocenters. The summed E-state index contributed by atoms with van der Waals surface area (Å²) in [6.07, 6.45) is 1.93. The van der Waals surface area contributed by atoms with Gasteiger partial charge in [0.05, 0.1) is 11.8 Å². The Morgan fingerprint density at radius 2 is 2.14 bits per heavy atom. The van der Waals surface area contributed by atoms with E-state index in [0.717, 1.165) is 12.1 Å². The van der Waals surface area contributed by atoms with Crippen LogP contribution >= 0.6 is 0 Å². The molecule has 0 saturated heterocycles. The molecule has 0 bridgehead atoms. The Morgan fingerprint density at radius 1 is 1.38 bits per heavy atom. The van der Waals surface area contributed by atoms with Crippen LogP contribution in [0.5, 0.6) is 0 Å². The molecule has 1 heterocycles. The van der Waals surface area contributed by atoms with E-state index in [2.05, 4.69) is 10.3 Å². The minimum atomic E-state index is -0.713. The normalized spacial score (nSPS) is 10.9. The van der Waals surface area contributed by atoms with Gasteiger partial charge < -0.3 is 9.73 Å². The minimum absolute atomic E-state index is 0.0749. The molecule has 0 fully saturated rings. The van der Waals surface area contributed by atoms with Gasteiger partial charge in [-0.3, -0.25) is 4.79 Å². The van der Waals surface area contributed by atoms with E-state index in [1.54, 1.807) is 0 Å². The van der Waals surface area contributed by atoms with Crippen LogP contribution in [0.15, 0.2) is 28.8 Å². The number of benzene rings is 1. The lowest BCUT2D eigenvalue weighted by molar-refractivity contribution is -0.121. The third kappa shape index (κ3) is 4.11. The first-order valence-corrected chi connectivity index (χ1v) is 6.65. The van der Waals surface area contributed by atoms with Crippen molar-refractivity contribution in [1.29, 1.82) is 0 Å². The summed E-state index contributed by atoms with van der Waals surface area (Å²) in [5.74, 6) is -0.909. The molecule has 0 radical (unpaired) electrons. The Bertz CT molecular complexity index is 638. The van der Waals surface area contributed by atoms with Crippen LogP contribution in [0, 0.1) is 11.6 Å². The molecule has 1 aromatic heterocycles. The molecule has 0 aliphatic heterocycles. The molecule has 6 heteroatoms. The van der Waals surface area contributed by atoms with Crippen molar-refractivity contribution in [2.75, 3.05) is 0 Å². The van der Waals surface area contributed by atoms with Crippen molar-refractivity contribution >= 4 is 5.91 Å². The Kier molecular flexibility index (Phi) is 4.67. The molecular weight excluding hydrogens is 278 g/mol. The standard InChI is InChI=1S/C15H16F2N2O2/c1-9(2)19-14(20)5-6-15-18-8-13(21-15)11-4-3-10(16)7-12(11)17/h3-4,7-9H,5-6H2,1-2H3,(H,19,20). The summed E-state index contributed by atoms with van der Waals surface area (Å²) < 4.78 is 31.9. The van der Waals surface area contributed by atoms with Crippen LogP contribution in [-0.4, -0.2) is 16.9 Å². The van der Waals surface area contributed by atoms with Gasteiger partial charge in [0, 0.05) is 24.9 Å². The van der Waals surface area contributed by atoms with Crippen LogP contribution in [0.3, 0.4) is 0 Å². The summed E-state index contributed by atoms with van der Waals surface area (Å²) in [5.41, 5.74) is 0.141. The average molecular weight is 294 g/mol. The zero-order valence-electron chi connectivity index (χ0n) is 11.8. The Balaban J connectivity index is 2.03. The minimum Gasteiger partial charge on any atom is -0.441 e. The van der Waals surface area contributed by atoms with Gasteiger partial charge in [0.1, 0.15) is 11.6 Å². The quantitative estimate of drug-likeness (QED) is 0.922. The Morgan fingerprint density at radius 3 is 2.81 bits per heavy atom. The maximum absolute atomic E-state index is 13.6. The largest absolute Gasteiger partial charge is 0.441 e. The number of amides is 1. The third-order valence-electron chi connectivity index (χ3n) is 2.77. The second kappa shape index (κ2) is 6.47. The maximum Gasteiger partial charge on any atom is 0.220 e. The van der Waals surface area contributed by atoms with Gasteiger partial charge in [-0.25, -0.2) is 13.8 Å². The number of aryl methyl sites for hydroxylation is 1. The number of oxazole rings is 1. The van der Waals surface area contributed by atoms with E-state index in [1.807, 2.05) is 13.8 Å². The number of carbonyl (C=O) groups is 1. The van der Waals surface area contributed by atoms with Gasteiger partial charge in [-0.15, -0.1) is 0 Å². The molecule has 2 rings (SSSR count). The number of hydrogen-bond donors (Lipinski definition) is 1. The molecule has 2 aromatic rings. The lowest BCUT2D eigenvalue weighted by atomic mass is 10.2. The van der Waals surface area contributed by atoms with E-state index in [-0.39, 0.29) is 29.7 Å². The fourth-order valence-electron chi connectivity index (χ4n) is 1.85. The van der Waals surface area contributed by atoms with Crippen LogP contribution < -0.4 is 5.32 Å². The van der Waals surface area contributed by atoms with Gasteiger partial charge >= 0.3 is 0 Å². The number of carbonyl (C=O) groups excluding carboxylic acids is 1. The summed E-state index contributed by atoms with van der Waals surface area (Å²) in [4.78, 5) is 15.5. The number of aromatic nitrogens is 1. The van der Waals surface area contributed by atoms with Gasteiger partial charge in [-0.05, 0) is 26.0 Å². The summed E-state index contributed by atoms with van der Waals surface area (Å²) in [5, 5.41) is 2.76. The van der Waals surface area contributed by atoms with E-state index >= 15 is 0 Å². The van der Waals surface area contributed by atoms with Crippen molar-refractivity contribution in [2.45, 2.75) is 32.7 Å². The van der Waals surface area contributed by atoms with E-state index in [9.17, 15) is 13.6 Å². The number of rotatable bonds is 5. The smallest absolute Gasteiger partial charge is 0.220 e. The topological polar surface area (TPSA) is 55.1 Å². The number of halogens is 2. The lowest BCUT2D eigenvalue weighted by Crippen LogP contribution is -2.30. The zero-order valence-corrected chi connectivity index (χ0v) is 11.8. The van der Waals surface area contributed by atoms with Crippen molar-refractivity contribution in [2.24, 2.45) is 0 Å². The lowest BCUT2D eigenvalue weighted by Gasteiger charge is -2.06. The molecule has 0 saturated carbocycles. The molecule has 0 aliphatic rings. The molecule has 1 aromatic carbocycles. The fraction of sp³-hybridized carbons (Fsp3) is 0.333. The third-order valence-corrected chi connectivity index (χ3v) is 2.77. The molecule has 0 spiro atoms. The predicted octanol–water partition coefficient (Wildman–Crippen LogP) is 3.08. The zero-order chi connectivity index (χ0) is 15.4. The summed E-state index contributed by atoms with van der Waals surface area (Å²) >= 11 is 0. The van der Waals surface area contributed by atoms with Crippen LogP contribution in [0.25, 0.3) is 11.3 Å². The Labute approximate surface area is 121 Å². The highest BCUT2D eigenvalue weighted by Gasteiger charge is 2.13. The fourth-order valence-corrected chi connectivity index (χ4v) is 1.85. The number of nitrogens with one attached hydrogen (secondary N) is 1. The molecule has 1 amide bonds. The Hall–Kier alpha value is -2.24. The first-order valence-electron chi connectivity index (χ1n) is 6.65. The molecule has 0 unspecified atom stereocenters. The van der Waals surface area contributed by atoms with Crippen molar-refractivity contribution < 1.29 is 18.0 Å². The first kappa shape index (κ1) is 15.2. The highest BCUT2D eigenvalue weighted by molar-refractivity contribution is 5.76. The maximum atomic E-state index is 13.6. The van der Waals surface area contributed by atoms with Crippen molar-refractivity contribution in [3.05, 3.63) is 41.9 Å². The molecule has 1 N–H and O–H groups in total. The van der Waals surface area contributed by atoms with Crippen molar-refractivity contribution in [1.82, 2.24) is 10.3 Å². The van der Waals surface area contributed by atoms with Gasteiger partial charge in [-0.1, -0.05) is 0 Å². The van der Waals surface area contributed by atoms with Crippen LogP contribution in [-0.2, 0) is 11.2 Å². The second-order valence-electron chi connectivity index (χ2n) is 4.96. The van der Waals surface area contributed by atoms with E-state index in [1.165, 1.54) is 12.3 Å². The van der Waals surface area contributed by atoms with Crippen LogP contribution in [0.2, 0.25) is 0 Å². The molecule has 0 aliphatic carbocycles. The van der Waals surface area contributed by atoms with Gasteiger partial charge in [0.15, 0.2) is 11.7 Å². The van der Waals surface area contributed by atoms with Gasteiger partial charge in [0.2, 0.25) is 5.91 Å². The summed E-state index contributed by atoms with van der Waals surface area (Å²) in [6.45, 7) is 3.75. The van der Waals surface area contributed by atoms with Crippen molar-refractivity contribution in [3.63, 3.8) is 0 Å². The summed E-state index contributed by atoms with van der Waals surface area (Å²) in [6, 6.07) is 3.30. The van der Waals surface area contributed by atoms with E-state index in [4.69, 9.17) is 4.42 Å². The average Bonchev–Trinajstić information content (AvgIpc) is 2.84. The monoisotopic (exact) mass is 294 g/mol. The molecule has 21 heavy (non-hydrogen) atoms. The predicted molar refractivity (Wildman–Crippen MR) is 73.5 cm³/mol. The second-order valence-corrected chi connectivity index (χ2v) is 4.96. The van der Waals surface area contributed by atoms with Crippen molar-refractivity contribution in [3.8, 4) is 11.3 Å². The SMILES string of the molecule is CC(C)NC(=O)CCc1ncc(-c2ccc(F)cc2F)o1. The molecule has 4 nitrogen and oxygen atoms in total. The van der Waals surface area contributed by atoms with Crippen LogP contribution in [0.1, 0.15) is 26.2 Å². The highest BCUT2D eigenvalue weighted by Crippen LogP contribution is 2.24. The highest BCUT2D eigenvalue weighted by atomic mass is 19.1. The van der Waals surface area contributed by atoms with Gasteiger partial charge in [-0.2, -0.15) is 0 Å². The number of nitrogens with zero attached hydrogens (tertiary/aromatic N) is 1.